The van der Waals surface area contributed by atoms with Crippen LogP contribution in [-0.4, -0.2) is 4.98 Å². The lowest BCUT2D eigenvalue weighted by atomic mass is 9.68. The number of hydrogen-bond acceptors (Lipinski definition) is 1. The number of rotatable bonds is 4. The minimum atomic E-state index is -0.271. The van der Waals surface area contributed by atoms with Gasteiger partial charge in [0.25, 0.3) is 0 Å². The maximum atomic E-state index is 14.0. The van der Waals surface area contributed by atoms with Crippen molar-refractivity contribution in [3.05, 3.63) is 59.7 Å². The smallest absolute Gasteiger partial charge is 0.101 e. The molecule has 20 heavy (non-hydrogen) atoms. The van der Waals surface area contributed by atoms with Crippen LogP contribution in [0.1, 0.15) is 45.7 Å². The van der Waals surface area contributed by atoms with Crippen LogP contribution in [0.15, 0.2) is 54.0 Å². The average molecular weight is 271 g/mol. The number of hydrogen-bond donors (Lipinski definition) is 0. The van der Waals surface area contributed by atoms with Crippen molar-refractivity contribution in [1.82, 2.24) is 4.98 Å². The Morgan fingerprint density at radius 1 is 1.35 bits per heavy atom. The molecule has 0 N–H and O–H groups in total. The third-order valence-electron chi connectivity index (χ3n) is 3.97. The van der Waals surface area contributed by atoms with Crippen molar-refractivity contribution in [3.8, 4) is 0 Å². The molecule has 0 aliphatic heterocycles. The van der Waals surface area contributed by atoms with Crippen molar-refractivity contribution in [2.75, 3.05) is 0 Å². The molecule has 2 heteroatoms. The van der Waals surface area contributed by atoms with E-state index in [4.69, 9.17) is 0 Å². The summed E-state index contributed by atoms with van der Waals surface area (Å²) in [5, 5.41) is 0. The van der Waals surface area contributed by atoms with Gasteiger partial charge in [0, 0.05) is 18.0 Å². The quantitative estimate of drug-likeness (QED) is 0.661. The molecule has 1 aliphatic rings. The van der Waals surface area contributed by atoms with Gasteiger partial charge >= 0.3 is 0 Å². The molecule has 0 radical (unpaired) electrons. The predicted octanol–water partition coefficient (Wildman–Crippen LogP) is 5.47. The zero-order valence-corrected chi connectivity index (χ0v) is 12.5. The van der Waals surface area contributed by atoms with Crippen LogP contribution in [0.25, 0.3) is 5.57 Å². The zero-order valence-electron chi connectivity index (χ0n) is 12.5. The molecule has 106 valence electrons. The van der Waals surface area contributed by atoms with Gasteiger partial charge in [0.05, 0.1) is 5.69 Å². The van der Waals surface area contributed by atoms with E-state index in [1.807, 2.05) is 25.1 Å². The lowest BCUT2D eigenvalue weighted by Gasteiger charge is -2.36. The number of pyridine rings is 1. The lowest BCUT2D eigenvalue weighted by molar-refractivity contribution is 0.420. The Balaban J connectivity index is 2.61. The van der Waals surface area contributed by atoms with Crippen molar-refractivity contribution in [1.29, 1.82) is 0 Å². The summed E-state index contributed by atoms with van der Waals surface area (Å²) in [6.07, 6.45) is 10.0. The van der Waals surface area contributed by atoms with Gasteiger partial charge in [-0.1, -0.05) is 32.1 Å². The van der Waals surface area contributed by atoms with Crippen LogP contribution in [0.2, 0.25) is 0 Å². The van der Waals surface area contributed by atoms with Crippen molar-refractivity contribution in [2.45, 2.75) is 40.0 Å². The summed E-state index contributed by atoms with van der Waals surface area (Å²) in [6, 6.07) is 5.91. The summed E-state index contributed by atoms with van der Waals surface area (Å²) < 4.78 is 14.0. The van der Waals surface area contributed by atoms with Crippen molar-refractivity contribution < 1.29 is 4.39 Å². The van der Waals surface area contributed by atoms with Crippen LogP contribution in [0.3, 0.4) is 0 Å². The molecule has 0 saturated carbocycles. The molecule has 1 aromatic heterocycles. The van der Waals surface area contributed by atoms with E-state index in [0.717, 1.165) is 29.7 Å². The Morgan fingerprint density at radius 2 is 2.15 bits per heavy atom. The van der Waals surface area contributed by atoms with Crippen molar-refractivity contribution >= 4 is 5.57 Å². The number of halogens is 1. The standard InChI is InChI=1S/C18H22FN/c1-4-6-10-18(5-2)13-15(19)12-14(3)17(18)16-9-7-8-11-20-16/h6-12H,4-5,13H2,1-3H3. The molecule has 0 bridgehead atoms. The largest absolute Gasteiger partial charge is 0.257 e. The monoisotopic (exact) mass is 271 g/mol. The number of nitrogens with zero attached hydrogens (tertiary/aromatic N) is 1. The first-order chi connectivity index (χ1) is 9.63. The maximum Gasteiger partial charge on any atom is 0.101 e. The molecule has 0 fully saturated rings. The Morgan fingerprint density at radius 3 is 2.75 bits per heavy atom. The average Bonchev–Trinajstić information content (AvgIpc) is 2.45. The lowest BCUT2D eigenvalue weighted by Crippen LogP contribution is -2.23. The fraction of sp³-hybridized carbons (Fsp3) is 0.389. The normalized spacial score (nSPS) is 23.3. The Kier molecular flexibility index (Phi) is 4.53. The van der Waals surface area contributed by atoms with Gasteiger partial charge in [-0.15, -0.1) is 0 Å². The van der Waals surface area contributed by atoms with Crippen LogP contribution in [-0.2, 0) is 0 Å². The fourth-order valence-corrected chi connectivity index (χ4v) is 3.01. The maximum absolute atomic E-state index is 14.0. The minimum Gasteiger partial charge on any atom is -0.257 e. The second-order valence-electron chi connectivity index (χ2n) is 5.36. The van der Waals surface area contributed by atoms with Gasteiger partial charge in [0.1, 0.15) is 5.83 Å². The van der Waals surface area contributed by atoms with Crippen molar-refractivity contribution in [3.63, 3.8) is 0 Å². The molecule has 0 amide bonds. The SMILES string of the molecule is CCC=CC1(CC)CC(F)=CC(C)=C1c1ccccn1. The summed E-state index contributed by atoms with van der Waals surface area (Å²) in [4.78, 5) is 4.49. The highest BCUT2D eigenvalue weighted by molar-refractivity contribution is 5.76. The first-order valence-electron chi connectivity index (χ1n) is 7.29. The summed E-state index contributed by atoms with van der Waals surface area (Å²) in [6.45, 7) is 6.20. The second-order valence-corrected chi connectivity index (χ2v) is 5.36. The van der Waals surface area contributed by atoms with Gasteiger partial charge in [-0.05, 0) is 49.1 Å². The van der Waals surface area contributed by atoms with E-state index in [9.17, 15) is 4.39 Å². The summed E-state index contributed by atoms with van der Waals surface area (Å²) in [7, 11) is 0. The molecular weight excluding hydrogens is 249 g/mol. The van der Waals surface area contributed by atoms with Gasteiger partial charge < -0.3 is 0 Å². The third kappa shape index (κ3) is 2.74. The van der Waals surface area contributed by atoms with Crippen LogP contribution in [0, 0.1) is 5.41 Å². The summed E-state index contributed by atoms with van der Waals surface area (Å²) >= 11 is 0. The minimum absolute atomic E-state index is 0.0372. The predicted molar refractivity (Wildman–Crippen MR) is 82.8 cm³/mol. The topological polar surface area (TPSA) is 12.9 Å². The van der Waals surface area contributed by atoms with E-state index in [2.05, 4.69) is 31.0 Å². The summed E-state index contributed by atoms with van der Waals surface area (Å²) in [5.41, 5.74) is 2.82. The zero-order chi connectivity index (χ0) is 14.6. The van der Waals surface area contributed by atoms with Gasteiger partial charge in [0.2, 0.25) is 0 Å². The van der Waals surface area contributed by atoms with Gasteiger partial charge in [0.15, 0.2) is 0 Å². The molecule has 1 heterocycles. The Labute approximate surface area is 120 Å². The highest BCUT2D eigenvalue weighted by atomic mass is 19.1. The Bertz CT molecular complexity index is 554. The Hall–Kier alpha value is -1.70. The van der Waals surface area contributed by atoms with E-state index in [-0.39, 0.29) is 11.2 Å². The van der Waals surface area contributed by atoms with Gasteiger partial charge in [-0.2, -0.15) is 0 Å². The van der Waals surface area contributed by atoms with E-state index < -0.39 is 0 Å². The number of aromatic nitrogens is 1. The molecule has 1 aliphatic carbocycles. The summed E-state index contributed by atoms with van der Waals surface area (Å²) in [5.74, 6) is -0.0372. The molecule has 1 nitrogen and oxygen atoms in total. The van der Waals surface area contributed by atoms with Crippen LogP contribution in [0.4, 0.5) is 4.39 Å². The molecule has 1 unspecified atom stereocenters. The molecule has 0 saturated heterocycles. The van der Waals surface area contributed by atoms with E-state index >= 15 is 0 Å². The number of allylic oxidation sites excluding steroid dienone is 6. The molecule has 1 aromatic rings. The molecular formula is C18H22FN. The highest BCUT2D eigenvalue weighted by Crippen LogP contribution is 2.49. The highest BCUT2D eigenvalue weighted by Gasteiger charge is 2.36. The van der Waals surface area contributed by atoms with Gasteiger partial charge in [-0.3, -0.25) is 4.98 Å². The van der Waals surface area contributed by atoms with E-state index in [0.29, 0.717) is 6.42 Å². The fourth-order valence-electron chi connectivity index (χ4n) is 3.01. The van der Waals surface area contributed by atoms with Crippen molar-refractivity contribution in [2.24, 2.45) is 5.41 Å². The molecule has 0 spiro atoms. The molecule has 2 rings (SSSR count). The first-order valence-corrected chi connectivity index (χ1v) is 7.29. The van der Waals surface area contributed by atoms with E-state index in [1.165, 1.54) is 0 Å². The first kappa shape index (κ1) is 14.7. The molecule has 0 aromatic carbocycles. The molecule has 1 atom stereocenters. The third-order valence-corrected chi connectivity index (χ3v) is 3.97. The van der Waals surface area contributed by atoms with E-state index in [1.54, 1.807) is 12.3 Å². The second kappa shape index (κ2) is 6.17. The van der Waals surface area contributed by atoms with Gasteiger partial charge in [-0.25, -0.2) is 4.39 Å². The van der Waals surface area contributed by atoms with Crippen LogP contribution in [0.5, 0.6) is 0 Å². The van der Waals surface area contributed by atoms with Crippen LogP contribution < -0.4 is 0 Å². The van der Waals surface area contributed by atoms with Crippen LogP contribution >= 0.6 is 0 Å².